The number of nitrogens with zero attached hydrogens (tertiary/aromatic N) is 2. The highest BCUT2D eigenvalue weighted by Crippen LogP contribution is 2.32. The maximum atomic E-state index is 6.31. The van der Waals surface area contributed by atoms with Gasteiger partial charge in [0.2, 0.25) is 0 Å². The van der Waals surface area contributed by atoms with E-state index in [1.165, 1.54) is 0 Å². The normalized spacial score (nSPS) is 14.7. The van der Waals surface area contributed by atoms with Crippen LogP contribution in [0.5, 0.6) is 0 Å². The molecule has 2 atom stereocenters. The lowest BCUT2D eigenvalue weighted by Crippen LogP contribution is -2.11. The molecule has 2 rings (SSSR count). The largest absolute Gasteiger partial charge is 0.324 e. The van der Waals surface area contributed by atoms with Gasteiger partial charge in [0.05, 0.1) is 15.9 Å². The summed E-state index contributed by atoms with van der Waals surface area (Å²) in [5.41, 5.74) is 1.93. The van der Waals surface area contributed by atoms with Gasteiger partial charge in [-0.2, -0.15) is 11.8 Å². The summed E-state index contributed by atoms with van der Waals surface area (Å²) >= 11 is 14.5. The predicted octanol–water partition coefficient (Wildman–Crippen LogP) is 5.69. The maximum absolute atomic E-state index is 6.31. The number of imidazole rings is 1. The Balaban J connectivity index is 2.43. The molecule has 0 spiro atoms. The summed E-state index contributed by atoms with van der Waals surface area (Å²) in [7, 11) is 0. The molecule has 0 bridgehead atoms. The van der Waals surface area contributed by atoms with E-state index in [2.05, 4.69) is 29.5 Å². The van der Waals surface area contributed by atoms with Crippen molar-refractivity contribution in [2.24, 2.45) is 0 Å². The van der Waals surface area contributed by atoms with Crippen molar-refractivity contribution in [2.75, 3.05) is 11.5 Å². The molecule has 0 aliphatic rings. The average molecular weight is 331 g/mol. The van der Waals surface area contributed by atoms with Gasteiger partial charge in [0.1, 0.15) is 11.3 Å². The Hall–Kier alpha value is -0.380. The van der Waals surface area contributed by atoms with Crippen LogP contribution in [-0.2, 0) is 0 Å². The van der Waals surface area contributed by atoms with Gasteiger partial charge in [-0.1, -0.05) is 24.6 Å². The third-order valence-corrected chi connectivity index (χ3v) is 4.81. The molecule has 1 heterocycles. The van der Waals surface area contributed by atoms with Crippen molar-refractivity contribution < 1.29 is 0 Å². The van der Waals surface area contributed by atoms with Gasteiger partial charge in [-0.25, -0.2) is 4.98 Å². The summed E-state index contributed by atoms with van der Waals surface area (Å²) in [6.07, 6.45) is 1.10. The van der Waals surface area contributed by atoms with E-state index in [0.29, 0.717) is 11.1 Å². The Kier molecular flexibility index (Phi) is 5.65. The molecule has 0 saturated carbocycles. The molecule has 110 valence electrons. The van der Waals surface area contributed by atoms with E-state index in [4.69, 9.17) is 23.2 Å². The molecule has 0 radical (unpaired) electrons. The molecule has 2 aromatic rings. The van der Waals surface area contributed by atoms with Crippen molar-refractivity contribution in [1.29, 1.82) is 0 Å². The first kappa shape index (κ1) is 16.0. The van der Waals surface area contributed by atoms with Crippen LogP contribution in [0, 0.1) is 0 Å². The lowest BCUT2D eigenvalue weighted by Gasteiger charge is -2.18. The van der Waals surface area contributed by atoms with Crippen LogP contribution >= 0.6 is 35.0 Å². The summed E-state index contributed by atoms with van der Waals surface area (Å²) in [5, 5.41) is 0.565. The fourth-order valence-electron chi connectivity index (χ4n) is 2.37. The number of para-hydroxylation sites is 1. The number of hydrogen-bond acceptors (Lipinski definition) is 2. The van der Waals surface area contributed by atoms with E-state index in [-0.39, 0.29) is 5.38 Å². The van der Waals surface area contributed by atoms with Crippen molar-refractivity contribution in [2.45, 2.75) is 38.6 Å². The Morgan fingerprint density at radius 3 is 2.75 bits per heavy atom. The molecule has 1 aromatic carbocycles. The monoisotopic (exact) mass is 330 g/mol. The SMILES string of the molecule is CCSCCC(C)n1c(C(C)Cl)nc2c(Cl)cccc21. The molecule has 0 fully saturated rings. The molecule has 1 aromatic heterocycles. The lowest BCUT2D eigenvalue weighted by atomic mass is 10.2. The molecular formula is C15H20Cl2N2S. The van der Waals surface area contributed by atoms with Crippen LogP contribution in [0.2, 0.25) is 5.02 Å². The number of thioether (sulfide) groups is 1. The minimum absolute atomic E-state index is 0.125. The van der Waals surface area contributed by atoms with Crippen LogP contribution < -0.4 is 0 Å². The third-order valence-electron chi connectivity index (χ3n) is 3.38. The zero-order valence-corrected chi connectivity index (χ0v) is 14.4. The van der Waals surface area contributed by atoms with E-state index in [0.717, 1.165) is 34.8 Å². The smallest absolute Gasteiger partial charge is 0.128 e. The summed E-state index contributed by atoms with van der Waals surface area (Å²) < 4.78 is 2.25. The predicted molar refractivity (Wildman–Crippen MR) is 91.3 cm³/mol. The molecule has 20 heavy (non-hydrogen) atoms. The van der Waals surface area contributed by atoms with Crippen LogP contribution in [0.25, 0.3) is 11.0 Å². The highest BCUT2D eigenvalue weighted by atomic mass is 35.5. The molecular weight excluding hydrogens is 311 g/mol. The summed E-state index contributed by atoms with van der Waals surface area (Å²) in [6, 6.07) is 6.29. The molecule has 0 saturated heterocycles. The number of aromatic nitrogens is 2. The topological polar surface area (TPSA) is 17.8 Å². The number of halogens is 2. The first-order valence-corrected chi connectivity index (χ1v) is 8.91. The molecule has 2 nitrogen and oxygen atoms in total. The van der Waals surface area contributed by atoms with Gasteiger partial charge in [-0.3, -0.25) is 0 Å². The van der Waals surface area contributed by atoms with Gasteiger partial charge in [0, 0.05) is 6.04 Å². The fourth-order valence-corrected chi connectivity index (χ4v) is 3.53. The van der Waals surface area contributed by atoms with E-state index in [1.54, 1.807) is 0 Å². The number of fused-ring (bicyclic) bond motifs is 1. The Bertz CT molecular complexity index is 581. The van der Waals surface area contributed by atoms with Gasteiger partial charge < -0.3 is 4.57 Å². The highest BCUT2D eigenvalue weighted by molar-refractivity contribution is 7.99. The van der Waals surface area contributed by atoms with Crippen LogP contribution in [0.4, 0.5) is 0 Å². The van der Waals surface area contributed by atoms with Crippen molar-refractivity contribution in [3.05, 3.63) is 29.0 Å². The van der Waals surface area contributed by atoms with Crippen molar-refractivity contribution >= 4 is 46.0 Å². The maximum Gasteiger partial charge on any atom is 0.128 e. The molecule has 0 N–H and O–H groups in total. The molecule has 5 heteroatoms. The van der Waals surface area contributed by atoms with Gasteiger partial charge in [0.25, 0.3) is 0 Å². The van der Waals surface area contributed by atoms with Crippen LogP contribution in [0.3, 0.4) is 0 Å². The first-order chi connectivity index (χ1) is 9.56. The highest BCUT2D eigenvalue weighted by Gasteiger charge is 2.20. The molecule has 2 unspecified atom stereocenters. The quantitative estimate of drug-likeness (QED) is 0.499. The van der Waals surface area contributed by atoms with Crippen LogP contribution in [0.15, 0.2) is 18.2 Å². The number of rotatable bonds is 6. The minimum Gasteiger partial charge on any atom is -0.324 e. The van der Waals surface area contributed by atoms with Crippen molar-refractivity contribution in [1.82, 2.24) is 9.55 Å². The van der Waals surface area contributed by atoms with Crippen molar-refractivity contribution in [3.8, 4) is 0 Å². The second kappa shape index (κ2) is 7.06. The Morgan fingerprint density at radius 1 is 1.35 bits per heavy atom. The Morgan fingerprint density at radius 2 is 2.10 bits per heavy atom. The van der Waals surface area contributed by atoms with Crippen LogP contribution in [0.1, 0.15) is 44.4 Å². The molecule has 0 amide bonds. The lowest BCUT2D eigenvalue weighted by molar-refractivity contribution is 0.525. The van der Waals surface area contributed by atoms with Gasteiger partial charge in [0.15, 0.2) is 0 Å². The second-order valence-corrected chi connectivity index (χ2v) is 7.35. The van der Waals surface area contributed by atoms with Gasteiger partial charge in [-0.15, -0.1) is 11.6 Å². The molecule has 0 aliphatic carbocycles. The van der Waals surface area contributed by atoms with Gasteiger partial charge in [-0.05, 0) is 43.9 Å². The average Bonchev–Trinajstić information content (AvgIpc) is 2.80. The van der Waals surface area contributed by atoms with Crippen molar-refractivity contribution in [3.63, 3.8) is 0 Å². The van der Waals surface area contributed by atoms with Gasteiger partial charge >= 0.3 is 0 Å². The number of hydrogen-bond donors (Lipinski definition) is 0. The van der Waals surface area contributed by atoms with E-state index in [9.17, 15) is 0 Å². The minimum atomic E-state index is -0.125. The third kappa shape index (κ3) is 3.26. The first-order valence-electron chi connectivity index (χ1n) is 6.94. The van der Waals surface area contributed by atoms with E-state index in [1.807, 2.05) is 30.8 Å². The van der Waals surface area contributed by atoms with E-state index < -0.39 is 0 Å². The standard InChI is InChI=1S/C15H20Cl2N2S/c1-4-20-9-8-10(2)19-13-7-5-6-12(17)14(13)18-15(19)11(3)16/h5-7,10-11H,4,8-9H2,1-3H3. The number of alkyl halides is 1. The Labute approximate surface area is 134 Å². The fraction of sp³-hybridized carbons (Fsp3) is 0.533. The zero-order valence-electron chi connectivity index (χ0n) is 12.1. The number of benzene rings is 1. The summed E-state index contributed by atoms with van der Waals surface area (Å²) in [4.78, 5) is 4.65. The van der Waals surface area contributed by atoms with Crippen LogP contribution in [-0.4, -0.2) is 21.1 Å². The second-order valence-electron chi connectivity index (χ2n) is 4.90. The zero-order chi connectivity index (χ0) is 14.7. The van der Waals surface area contributed by atoms with E-state index >= 15 is 0 Å². The summed E-state index contributed by atoms with van der Waals surface area (Å²) in [5.74, 6) is 3.21. The summed E-state index contributed by atoms with van der Waals surface area (Å²) in [6.45, 7) is 6.37. The molecule has 0 aliphatic heterocycles.